The highest BCUT2D eigenvalue weighted by Gasteiger charge is 2.23. The first-order chi connectivity index (χ1) is 7.69. The Hall–Kier alpha value is -0.0800. The van der Waals surface area contributed by atoms with Crippen LogP contribution in [0.2, 0.25) is 0 Å². The molecular weight excluding hydrogens is 196 g/mol. The Balaban J connectivity index is 2.48. The first-order valence-corrected chi connectivity index (χ1v) is 7.15. The normalized spacial score (nSPS) is 18.9. The fraction of sp³-hybridized carbons (Fsp3) is 1.00. The number of nitrogens with one attached hydrogen (secondary N) is 1. The molecule has 0 unspecified atom stereocenters. The molecule has 0 saturated carbocycles. The second kappa shape index (κ2) is 7.29. The third-order valence-electron chi connectivity index (χ3n) is 4.00. The van der Waals surface area contributed by atoms with Crippen LogP contribution in [0.5, 0.6) is 0 Å². The number of nitrogens with zero attached hydrogens (tertiary/aromatic N) is 1. The van der Waals surface area contributed by atoms with Gasteiger partial charge in [0.25, 0.3) is 0 Å². The molecule has 1 rings (SSSR count). The third-order valence-corrected chi connectivity index (χ3v) is 4.00. The van der Waals surface area contributed by atoms with Gasteiger partial charge in [0.1, 0.15) is 0 Å². The van der Waals surface area contributed by atoms with Gasteiger partial charge in [0.15, 0.2) is 0 Å². The van der Waals surface area contributed by atoms with E-state index in [2.05, 4.69) is 37.9 Å². The minimum atomic E-state index is 0.694. The van der Waals surface area contributed by atoms with E-state index in [1.54, 1.807) is 0 Å². The van der Waals surface area contributed by atoms with E-state index in [4.69, 9.17) is 0 Å². The molecule has 0 aromatic rings. The van der Waals surface area contributed by atoms with Crippen LogP contribution in [0, 0.1) is 5.92 Å². The Bertz CT molecular complexity index is 170. The van der Waals surface area contributed by atoms with Crippen LogP contribution in [0.4, 0.5) is 0 Å². The highest BCUT2D eigenvalue weighted by atomic mass is 15.2. The molecule has 1 saturated heterocycles. The maximum Gasteiger partial charge on any atom is 0.00928 e. The topological polar surface area (TPSA) is 15.3 Å². The first kappa shape index (κ1) is 14.0. The Morgan fingerprint density at radius 2 is 1.69 bits per heavy atom. The molecule has 0 amide bonds. The summed E-state index contributed by atoms with van der Waals surface area (Å²) < 4.78 is 0. The summed E-state index contributed by atoms with van der Waals surface area (Å²) in [6.45, 7) is 13.1. The molecule has 2 nitrogen and oxygen atoms in total. The molecule has 2 heteroatoms. The van der Waals surface area contributed by atoms with E-state index in [1.165, 1.54) is 45.3 Å². The molecule has 1 aliphatic rings. The van der Waals surface area contributed by atoms with E-state index in [-0.39, 0.29) is 0 Å². The van der Waals surface area contributed by atoms with Gasteiger partial charge in [-0.25, -0.2) is 0 Å². The van der Waals surface area contributed by atoms with Crippen molar-refractivity contribution >= 4 is 0 Å². The third kappa shape index (κ3) is 4.06. The highest BCUT2D eigenvalue weighted by molar-refractivity contribution is 4.78. The predicted molar refractivity (Wildman–Crippen MR) is 71.8 cm³/mol. The molecule has 0 aliphatic carbocycles. The van der Waals surface area contributed by atoms with Gasteiger partial charge in [-0.05, 0) is 58.5 Å². The fourth-order valence-corrected chi connectivity index (χ4v) is 2.90. The lowest BCUT2D eigenvalue weighted by Gasteiger charge is -2.38. The van der Waals surface area contributed by atoms with Crippen LogP contribution < -0.4 is 5.32 Å². The summed E-state index contributed by atoms with van der Waals surface area (Å²) in [5, 5.41) is 3.46. The Morgan fingerprint density at radius 3 is 2.12 bits per heavy atom. The zero-order chi connectivity index (χ0) is 12.0. The van der Waals surface area contributed by atoms with Gasteiger partial charge >= 0.3 is 0 Å². The van der Waals surface area contributed by atoms with E-state index >= 15 is 0 Å². The van der Waals surface area contributed by atoms with Crippen LogP contribution in [0.25, 0.3) is 0 Å². The Morgan fingerprint density at radius 1 is 1.12 bits per heavy atom. The molecule has 0 spiro atoms. The maximum absolute atomic E-state index is 3.46. The predicted octanol–water partition coefficient (Wildman–Crippen LogP) is 2.89. The average Bonchev–Trinajstić information content (AvgIpc) is 2.30. The lowest BCUT2D eigenvalue weighted by atomic mass is 9.95. The van der Waals surface area contributed by atoms with Crippen molar-refractivity contribution in [3.05, 3.63) is 0 Å². The van der Waals surface area contributed by atoms with E-state index in [1.807, 2.05) is 0 Å². The van der Waals surface area contributed by atoms with Gasteiger partial charge in [0, 0.05) is 18.6 Å². The van der Waals surface area contributed by atoms with E-state index in [9.17, 15) is 0 Å². The lowest BCUT2D eigenvalue weighted by molar-refractivity contribution is 0.110. The molecule has 16 heavy (non-hydrogen) atoms. The van der Waals surface area contributed by atoms with Crippen molar-refractivity contribution in [1.29, 1.82) is 0 Å². The van der Waals surface area contributed by atoms with Crippen LogP contribution in [-0.4, -0.2) is 36.6 Å². The van der Waals surface area contributed by atoms with Crippen molar-refractivity contribution in [3.8, 4) is 0 Å². The minimum absolute atomic E-state index is 0.694. The Kier molecular flexibility index (Phi) is 6.37. The van der Waals surface area contributed by atoms with Crippen LogP contribution in [0.15, 0.2) is 0 Å². The summed E-state index contributed by atoms with van der Waals surface area (Å²) in [7, 11) is 0. The molecule has 1 heterocycles. The van der Waals surface area contributed by atoms with Crippen LogP contribution in [0.1, 0.15) is 53.4 Å². The molecule has 1 fully saturated rings. The molecule has 0 bridgehead atoms. The summed E-state index contributed by atoms with van der Waals surface area (Å²) in [4.78, 5) is 2.73. The maximum atomic E-state index is 3.46. The SMILES string of the molecule is CCC(CC)N(CC1CCNCC1)C(C)C. The highest BCUT2D eigenvalue weighted by Crippen LogP contribution is 2.19. The van der Waals surface area contributed by atoms with Gasteiger partial charge in [-0.2, -0.15) is 0 Å². The van der Waals surface area contributed by atoms with Crippen molar-refractivity contribution in [2.45, 2.75) is 65.5 Å². The van der Waals surface area contributed by atoms with E-state index in [0.29, 0.717) is 6.04 Å². The Labute approximate surface area is 102 Å². The molecule has 1 N–H and O–H groups in total. The van der Waals surface area contributed by atoms with Crippen LogP contribution >= 0.6 is 0 Å². The lowest BCUT2D eigenvalue weighted by Crippen LogP contribution is -2.44. The summed E-state index contributed by atoms with van der Waals surface area (Å²) in [5.41, 5.74) is 0. The number of rotatable bonds is 6. The molecule has 0 atom stereocenters. The summed E-state index contributed by atoms with van der Waals surface area (Å²) in [6.07, 6.45) is 5.31. The average molecular weight is 226 g/mol. The number of piperidine rings is 1. The largest absolute Gasteiger partial charge is 0.317 e. The summed E-state index contributed by atoms with van der Waals surface area (Å²) >= 11 is 0. The minimum Gasteiger partial charge on any atom is -0.317 e. The standard InChI is InChI=1S/C14H30N2/c1-5-14(6-2)16(12(3)4)11-13-7-9-15-10-8-13/h12-15H,5-11H2,1-4H3. The van der Waals surface area contributed by atoms with Gasteiger partial charge in [0.05, 0.1) is 0 Å². The smallest absolute Gasteiger partial charge is 0.00928 e. The quantitative estimate of drug-likeness (QED) is 0.749. The zero-order valence-electron chi connectivity index (χ0n) is 11.6. The van der Waals surface area contributed by atoms with Gasteiger partial charge in [0.2, 0.25) is 0 Å². The molecule has 96 valence electrons. The number of hydrogen-bond acceptors (Lipinski definition) is 2. The second-order valence-electron chi connectivity index (χ2n) is 5.45. The van der Waals surface area contributed by atoms with Crippen molar-refractivity contribution in [2.75, 3.05) is 19.6 Å². The van der Waals surface area contributed by atoms with Crippen molar-refractivity contribution in [2.24, 2.45) is 5.92 Å². The number of hydrogen-bond donors (Lipinski definition) is 1. The van der Waals surface area contributed by atoms with Crippen molar-refractivity contribution in [1.82, 2.24) is 10.2 Å². The zero-order valence-corrected chi connectivity index (χ0v) is 11.6. The van der Waals surface area contributed by atoms with Crippen LogP contribution in [-0.2, 0) is 0 Å². The fourth-order valence-electron chi connectivity index (χ4n) is 2.90. The second-order valence-corrected chi connectivity index (χ2v) is 5.45. The van der Waals surface area contributed by atoms with Gasteiger partial charge in [-0.15, -0.1) is 0 Å². The van der Waals surface area contributed by atoms with Gasteiger partial charge in [-0.1, -0.05) is 13.8 Å². The monoisotopic (exact) mass is 226 g/mol. The van der Waals surface area contributed by atoms with Crippen LogP contribution in [0.3, 0.4) is 0 Å². The van der Waals surface area contributed by atoms with Gasteiger partial charge in [-0.3, -0.25) is 4.90 Å². The van der Waals surface area contributed by atoms with E-state index < -0.39 is 0 Å². The molecular formula is C14H30N2. The van der Waals surface area contributed by atoms with E-state index in [0.717, 1.165) is 12.0 Å². The van der Waals surface area contributed by atoms with Crippen molar-refractivity contribution < 1.29 is 0 Å². The summed E-state index contributed by atoms with van der Waals surface area (Å²) in [6, 6.07) is 1.48. The van der Waals surface area contributed by atoms with Gasteiger partial charge < -0.3 is 5.32 Å². The molecule has 0 radical (unpaired) electrons. The molecule has 0 aromatic carbocycles. The summed E-state index contributed by atoms with van der Waals surface area (Å²) in [5.74, 6) is 0.921. The molecule has 1 aliphatic heterocycles. The molecule has 0 aromatic heterocycles. The first-order valence-electron chi connectivity index (χ1n) is 7.15. The van der Waals surface area contributed by atoms with Crippen molar-refractivity contribution in [3.63, 3.8) is 0 Å².